The van der Waals surface area contributed by atoms with Gasteiger partial charge in [-0.2, -0.15) is 0 Å². The highest BCUT2D eigenvalue weighted by atomic mass is 127. The SMILES string of the molecule is I.c1csc(CCNC(=NCCCN2CCOCC2)Nc2ccc3c(c2)OCCCO3)c1. The molecule has 32 heavy (non-hydrogen) atoms. The van der Waals surface area contributed by atoms with E-state index in [9.17, 15) is 0 Å². The molecular formula is C23H33IN4O3S. The Balaban J connectivity index is 0.00000289. The lowest BCUT2D eigenvalue weighted by atomic mass is 10.2. The van der Waals surface area contributed by atoms with E-state index in [-0.39, 0.29) is 24.0 Å². The fourth-order valence-electron chi connectivity index (χ4n) is 3.59. The van der Waals surface area contributed by atoms with Gasteiger partial charge < -0.3 is 24.8 Å². The number of morpholine rings is 1. The Kier molecular flexibility index (Phi) is 10.9. The summed E-state index contributed by atoms with van der Waals surface area (Å²) >= 11 is 1.79. The maximum Gasteiger partial charge on any atom is 0.195 e. The molecule has 9 heteroatoms. The fraction of sp³-hybridized carbons (Fsp3) is 0.522. The molecule has 176 valence electrons. The molecule has 0 bridgehead atoms. The number of nitrogens with one attached hydrogen (secondary N) is 2. The highest BCUT2D eigenvalue weighted by molar-refractivity contribution is 14.0. The Labute approximate surface area is 211 Å². The number of hydrogen-bond donors (Lipinski definition) is 2. The number of aliphatic imine (C=N–C) groups is 1. The van der Waals surface area contributed by atoms with E-state index in [1.807, 2.05) is 18.2 Å². The van der Waals surface area contributed by atoms with Gasteiger partial charge in [0.1, 0.15) is 0 Å². The van der Waals surface area contributed by atoms with E-state index in [0.29, 0.717) is 13.2 Å². The molecular weight excluding hydrogens is 539 g/mol. The average Bonchev–Trinajstić information content (AvgIpc) is 3.21. The van der Waals surface area contributed by atoms with Crippen LogP contribution in [0.4, 0.5) is 5.69 Å². The van der Waals surface area contributed by atoms with Crippen LogP contribution in [0.25, 0.3) is 0 Å². The van der Waals surface area contributed by atoms with Crippen LogP contribution in [-0.2, 0) is 11.2 Å². The van der Waals surface area contributed by atoms with Crippen LogP contribution < -0.4 is 20.1 Å². The first-order chi connectivity index (χ1) is 15.4. The summed E-state index contributed by atoms with van der Waals surface area (Å²) < 4.78 is 17.0. The average molecular weight is 573 g/mol. The predicted molar refractivity (Wildman–Crippen MR) is 141 cm³/mol. The lowest BCUT2D eigenvalue weighted by molar-refractivity contribution is 0.0377. The van der Waals surface area contributed by atoms with Gasteiger partial charge in [-0.1, -0.05) is 6.07 Å². The van der Waals surface area contributed by atoms with Gasteiger partial charge in [0.25, 0.3) is 0 Å². The number of nitrogens with zero attached hydrogens (tertiary/aromatic N) is 2. The molecule has 4 rings (SSSR count). The Morgan fingerprint density at radius 3 is 2.72 bits per heavy atom. The first kappa shape index (κ1) is 25.1. The molecule has 1 fully saturated rings. The first-order valence-electron chi connectivity index (χ1n) is 11.1. The Morgan fingerprint density at radius 2 is 1.91 bits per heavy atom. The Bertz CT molecular complexity index is 829. The summed E-state index contributed by atoms with van der Waals surface area (Å²) in [5, 5.41) is 9.04. The second-order valence-corrected chi connectivity index (χ2v) is 8.66. The minimum absolute atomic E-state index is 0. The van der Waals surface area contributed by atoms with Gasteiger partial charge in [-0.15, -0.1) is 35.3 Å². The van der Waals surface area contributed by atoms with Crippen LogP contribution in [0.15, 0.2) is 40.7 Å². The molecule has 2 aliphatic heterocycles. The molecule has 0 saturated carbocycles. The van der Waals surface area contributed by atoms with Gasteiger partial charge in [-0.05, 0) is 36.4 Å². The van der Waals surface area contributed by atoms with Crippen molar-refractivity contribution in [3.8, 4) is 11.5 Å². The van der Waals surface area contributed by atoms with Crippen molar-refractivity contribution in [2.75, 3.05) is 64.5 Å². The van der Waals surface area contributed by atoms with E-state index < -0.39 is 0 Å². The van der Waals surface area contributed by atoms with Crippen LogP contribution in [0.2, 0.25) is 0 Å². The van der Waals surface area contributed by atoms with Crippen molar-refractivity contribution in [1.29, 1.82) is 0 Å². The van der Waals surface area contributed by atoms with Gasteiger partial charge in [0, 0.05) is 55.8 Å². The minimum Gasteiger partial charge on any atom is -0.490 e. The zero-order valence-electron chi connectivity index (χ0n) is 18.4. The maximum atomic E-state index is 5.83. The van der Waals surface area contributed by atoms with Crippen molar-refractivity contribution in [1.82, 2.24) is 10.2 Å². The summed E-state index contributed by atoms with van der Waals surface area (Å²) in [7, 11) is 0. The van der Waals surface area contributed by atoms with Crippen LogP contribution in [-0.4, -0.2) is 70.0 Å². The van der Waals surface area contributed by atoms with Crippen LogP contribution >= 0.6 is 35.3 Å². The third-order valence-electron chi connectivity index (χ3n) is 5.26. The second kappa shape index (κ2) is 13.9. The fourth-order valence-corrected chi connectivity index (χ4v) is 4.30. The lowest BCUT2D eigenvalue weighted by Gasteiger charge is -2.26. The molecule has 2 aromatic rings. The number of rotatable bonds is 8. The summed E-state index contributed by atoms with van der Waals surface area (Å²) in [6, 6.07) is 10.2. The van der Waals surface area contributed by atoms with Crippen molar-refractivity contribution in [3.05, 3.63) is 40.6 Å². The lowest BCUT2D eigenvalue weighted by Crippen LogP contribution is -2.37. The van der Waals surface area contributed by atoms with E-state index >= 15 is 0 Å². The normalized spacial score (nSPS) is 16.7. The van der Waals surface area contributed by atoms with Gasteiger partial charge in [-0.3, -0.25) is 9.89 Å². The van der Waals surface area contributed by atoms with E-state index in [2.05, 4.69) is 33.0 Å². The molecule has 1 saturated heterocycles. The maximum absolute atomic E-state index is 5.83. The summed E-state index contributed by atoms with van der Waals surface area (Å²) in [6.45, 7) is 7.75. The molecule has 0 radical (unpaired) electrons. The molecule has 1 aromatic heterocycles. The number of fused-ring (bicyclic) bond motifs is 1. The van der Waals surface area contributed by atoms with Crippen molar-refractivity contribution >= 4 is 47.0 Å². The third-order valence-corrected chi connectivity index (χ3v) is 6.20. The highest BCUT2D eigenvalue weighted by Gasteiger charge is 2.12. The highest BCUT2D eigenvalue weighted by Crippen LogP contribution is 2.32. The number of guanidine groups is 1. The summed E-state index contributed by atoms with van der Waals surface area (Å²) in [5.74, 6) is 2.39. The number of halogens is 1. The quantitative estimate of drug-likeness (QED) is 0.217. The largest absolute Gasteiger partial charge is 0.490 e. The first-order valence-corrected chi connectivity index (χ1v) is 12.0. The van der Waals surface area contributed by atoms with E-state index in [1.54, 1.807) is 11.3 Å². The number of ether oxygens (including phenoxy) is 3. The topological polar surface area (TPSA) is 67.4 Å². The van der Waals surface area contributed by atoms with E-state index in [0.717, 1.165) is 88.3 Å². The molecule has 0 amide bonds. The zero-order chi connectivity index (χ0) is 21.1. The Morgan fingerprint density at radius 1 is 1.06 bits per heavy atom. The van der Waals surface area contributed by atoms with Gasteiger partial charge in [0.05, 0.1) is 26.4 Å². The standard InChI is InChI=1S/C23H32N4O3S.HI/c1-4-20(31-17-1)7-9-25-23(24-8-2-10-27-11-15-28-16-12-27)26-19-5-6-21-22(18-19)30-14-3-13-29-21;/h1,4-6,17-18H,2-3,7-16H2,(H2,24,25,26);1H. The molecule has 0 aliphatic carbocycles. The number of anilines is 1. The monoisotopic (exact) mass is 572 g/mol. The summed E-state index contributed by atoms with van der Waals surface area (Å²) in [6.07, 6.45) is 2.91. The van der Waals surface area contributed by atoms with Crippen LogP contribution in [0.3, 0.4) is 0 Å². The van der Waals surface area contributed by atoms with Crippen LogP contribution in [0, 0.1) is 0 Å². The van der Waals surface area contributed by atoms with Gasteiger partial charge in [0.2, 0.25) is 0 Å². The summed E-state index contributed by atoms with van der Waals surface area (Å²) in [5.41, 5.74) is 0.944. The molecule has 1 aromatic carbocycles. The summed E-state index contributed by atoms with van der Waals surface area (Å²) in [4.78, 5) is 8.64. The van der Waals surface area contributed by atoms with Crippen LogP contribution in [0.1, 0.15) is 17.7 Å². The van der Waals surface area contributed by atoms with E-state index in [1.165, 1.54) is 4.88 Å². The van der Waals surface area contributed by atoms with Gasteiger partial charge in [0.15, 0.2) is 17.5 Å². The third kappa shape index (κ3) is 8.09. The number of hydrogen-bond acceptors (Lipinski definition) is 6. The smallest absolute Gasteiger partial charge is 0.195 e. The van der Waals surface area contributed by atoms with Gasteiger partial charge >= 0.3 is 0 Å². The molecule has 0 atom stereocenters. The van der Waals surface area contributed by atoms with Crippen molar-refractivity contribution in [3.63, 3.8) is 0 Å². The number of thiophene rings is 1. The van der Waals surface area contributed by atoms with Crippen molar-refractivity contribution < 1.29 is 14.2 Å². The van der Waals surface area contributed by atoms with E-state index in [4.69, 9.17) is 19.2 Å². The van der Waals surface area contributed by atoms with Crippen molar-refractivity contribution in [2.45, 2.75) is 19.3 Å². The molecule has 0 spiro atoms. The molecule has 7 nitrogen and oxygen atoms in total. The molecule has 2 aliphatic rings. The molecule has 0 unspecified atom stereocenters. The predicted octanol–water partition coefficient (Wildman–Crippen LogP) is 3.85. The van der Waals surface area contributed by atoms with Gasteiger partial charge in [-0.25, -0.2) is 0 Å². The minimum atomic E-state index is 0. The molecule has 3 heterocycles. The second-order valence-electron chi connectivity index (χ2n) is 7.63. The Hall–Kier alpha value is -1.56. The molecule has 2 N–H and O–H groups in total. The van der Waals surface area contributed by atoms with Crippen molar-refractivity contribution in [2.24, 2.45) is 4.99 Å². The number of benzene rings is 1. The zero-order valence-corrected chi connectivity index (χ0v) is 21.5. The van der Waals surface area contributed by atoms with Crippen LogP contribution in [0.5, 0.6) is 11.5 Å².